The smallest absolute Gasteiger partial charge is 0.343 e. The Hall–Kier alpha value is -3.41. The predicted octanol–water partition coefficient (Wildman–Crippen LogP) is 6.60. The van der Waals surface area contributed by atoms with Crippen molar-refractivity contribution in [3.63, 3.8) is 0 Å². The number of halogens is 2. The van der Waals surface area contributed by atoms with Gasteiger partial charge in [-0.1, -0.05) is 23.8 Å². The molecule has 8 heteroatoms. The summed E-state index contributed by atoms with van der Waals surface area (Å²) in [6, 6.07) is 17.4. The number of amides is 1. The van der Waals surface area contributed by atoms with E-state index in [1.807, 2.05) is 44.2 Å². The summed E-state index contributed by atoms with van der Waals surface area (Å²) in [6.07, 6.45) is 1.43. The molecule has 6 nitrogen and oxygen atoms in total. The number of ether oxygens (including phenoxy) is 2. The SMILES string of the molecule is COc1cc(/C=C(\C#N)C(=O)Nc2c(Br)cc(C)cc2Br)ccc1OC(=O)c1ccc(C)cc1. The molecule has 0 fully saturated rings. The van der Waals surface area contributed by atoms with Crippen molar-refractivity contribution < 1.29 is 19.1 Å². The average Bonchev–Trinajstić information content (AvgIpc) is 2.80. The third kappa shape index (κ3) is 6.13. The van der Waals surface area contributed by atoms with Crippen LogP contribution in [0.4, 0.5) is 5.69 Å². The van der Waals surface area contributed by atoms with Gasteiger partial charge in [-0.05, 0) is 99.3 Å². The van der Waals surface area contributed by atoms with Gasteiger partial charge in [0.25, 0.3) is 5.91 Å². The summed E-state index contributed by atoms with van der Waals surface area (Å²) in [5.41, 5.74) is 3.39. The van der Waals surface area contributed by atoms with Crippen molar-refractivity contribution in [2.45, 2.75) is 13.8 Å². The number of nitrogens with one attached hydrogen (secondary N) is 1. The number of aryl methyl sites for hydroxylation is 2. The van der Waals surface area contributed by atoms with Crippen molar-refractivity contribution in [2.75, 3.05) is 12.4 Å². The number of nitriles is 1. The highest BCUT2D eigenvalue weighted by molar-refractivity contribution is 9.11. The molecule has 0 aliphatic heterocycles. The van der Waals surface area contributed by atoms with Gasteiger partial charge >= 0.3 is 5.97 Å². The van der Waals surface area contributed by atoms with Gasteiger partial charge in [-0.3, -0.25) is 4.79 Å². The van der Waals surface area contributed by atoms with Gasteiger partial charge in [0.2, 0.25) is 0 Å². The summed E-state index contributed by atoms with van der Waals surface area (Å²) in [5, 5.41) is 12.3. The maximum absolute atomic E-state index is 12.7. The Labute approximate surface area is 214 Å². The third-order valence-corrected chi connectivity index (χ3v) is 6.03. The van der Waals surface area contributed by atoms with Crippen LogP contribution in [-0.4, -0.2) is 19.0 Å². The Morgan fingerprint density at radius 2 is 1.59 bits per heavy atom. The van der Waals surface area contributed by atoms with Crippen molar-refractivity contribution in [3.8, 4) is 17.6 Å². The summed E-state index contributed by atoms with van der Waals surface area (Å²) < 4.78 is 12.2. The molecule has 0 aliphatic rings. The molecule has 3 aromatic rings. The van der Waals surface area contributed by atoms with Gasteiger partial charge in [0, 0.05) is 8.95 Å². The largest absolute Gasteiger partial charge is 0.493 e. The van der Waals surface area contributed by atoms with E-state index >= 15 is 0 Å². The maximum Gasteiger partial charge on any atom is 0.343 e. The first-order valence-electron chi connectivity index (χ1n) is 10.1. The van der Waals surface area contributed by atoms with Crippen molar-refractivity contribution in [3.05, 3.63) is 91.4 Å². The minimum absolute atomic E-state index is 0.106. The van der Waals surface area contributed by atoms with Gasteiger partial charge in [0.15, 0.2) is 11.5 Å². The van der Waals surface area contributed by atoms with Crippen molar-refractivity contribution in [2.24, 2.45) is 0 Å². The third-order valence-electron chi connectivity index (χ3n) is 4.78. The van der Waals surface area contributed by atoms with E-state index in [1.165, 1.54) is 13.2 Å². The Balaban J connectivity index is 1.82. The molecule has 172 valence electrons. The molecular formula is C26H20Br2N2O4. The quantitative estimate of drug-likeness (QED) is 0.153. The number of benzene rings is 3. The van der Waals surface area contributed by atoms with Gasteiger partial charge in [-0.25, -0.2) is 4.79 Å². The molecule has 1 N–H and O–H groups in total. The predicted molar refractivity (Wildman–Crippen MR) is 138 cm³/mol. The summed E-state index contributed by atoms with van der Waals surface area (Å²) in [5.74, 6) is -0.578. The van der Waals surface area contributed by atoms with Crippen LogP contribution in [0.15, 0.2) is 69.1 Å². The first kappa shape index (κ1) is 25.2. The second kappa shape index (κ2) is 11.1. The summed E-state index contributed by atoms with van der Waals surface area (Å²) in [7, 11) is 1.44. The zero-order valence-electron chi connectivity index (χ0n) is 18.6. The van der Waals surface area contributed by atoms with Gasteiger partial charge in [0.1, 0.15) is 11.6 Å². The fraction of sp³-hybridized carbons (Fsp3) is 0.115. The van der Waals surface area contributed by atoms with Crippen LogP contribution in [0, 0.1) is 25.2 Å². The zero-order valence-corrected chi connectivity index (χ0v) is 21.8. The molecule has 1 amide bonds. The molecule has 0 aromatic heterocycles. The number of carbonyl (C=O) groups is 2. The molecule has 3 aromatic carbocycles. The lowest BCUT2D eigenvalue weighted by atomic mass is 10.1. The highest BCUT2D eigenvalue weighted by atomic mass is 79.9. The van der Waals surface area contributed by atoms with Gasteiger partial charge in [0.05, 0.1) is 18.4 Å². The number of nitrogens with zero attached hydrogens (tertiary/aromatic N) is 1. The summed E-state index contributed by atoms with van der Waals surface area (Å²) in [6.45, 7) is 3.86. The van der Waals surface area contributed by atoms with Crippen molar-refractivity contribution in [1.82, 2.24) is 0 Å². The lowest BCUT2D eigenvalue weighted by molar-refractivity contribution is -0.112. The molecule has 0 saturated carbocycles. The number of carbonyl (C=O) groups excluding carboxylic acids is 2. The Morgan fingerprint density at radius 1 is 0.941 bits per heavy atom. The second-order valence-corrected chi connectivity index (χ2v) is 9.10. The fourth-order valence-corrected chi connectivity index (χ4v) is 4.64. The number of esters is 1. The molecule has 0 spiro atoms. The van der Waals surface area contributed by atoms with Crippen LogP contribution < -0.4 is 14.8 Å². The van der Waals surface area contributed by atoms with Crippen LogP contribution in [0.1, 0.15) is 27.0 Å². The number of hydrogen-bond acceptors (Lipinski definition) is 5. The van der Waals surface area contributed by atoms with Gasteiger partial charge in [-0.15, -0.1) is 0 Å². The zero-order chi connectivity index (χ0) is 24.8. The summed E-state index contributed by atoms with van der Waals surface area (Å²) >= 11 is 6.85. The minimum atomic E-state index is -0.568. The van der Waals surface area contributed by atoms with Crippen LogP contribution in [0.2, 0.25) is 0 Å². The normalized spacial score (nSPS) is 10.9. The van der Waals surface area contributed by atoms with Gasteiger partial charge in [-0.2, -0.15) is 5.26 Å². The molecule has 3 rings (SSSR count). The van der Waals surface area contributed by atoms with Crippen LogP contribution in [0.25, 0.3) is 6.08 Å². The molecule has 0 unspecified atom stereocenters. The van der Waals surface area contributed by atoms with Crippen LogP contribution in [0.5, 0.6) is 11.5 Å². The van der Waals surface area contributed by atoms with Crippen molar-refractivity contribution >= 4 is 55.5 Å². The summed E-state index contributed by atoms with van der Waals surface area (Å²) in [4.78, 5) is 25.2. The van der Waals surface area contributed by atoms with E-state index in [2.05, 4.69) is 37.2 Å². The van der Waals surface area contributed by atoms with Crippen LogP contribution in [-0.2, 0) is 4.79 Å². The monoisotopic (exact) mass is 582 g/mol. The molecule has 0 bridgehead atoms. The van der Waals surface area contributed by atoms with Crippen molar-refractivity contribution in [1.29, 1.82) is 5.26 Å². The topological polar surface area (TPSA) is 88.4 Å². The Morgan fingerprint density at radius 3 is 2.18 bits per heavy atom. The average molecular weight is 584 g/mol. The highest BCUT2D eigenvalue weighted by Crippen LogP contribution is 2.33. The molecule has 0 radical (unpaired) electrons. The highest BCUT2D eigenvalue weighted by Gasteiger charge is 2.16. The van der Waals surface area contributed by atoms with E-state index in [-0.39, 0.29) is 17.1 Å². The van der Waals surface area contributed by atoms with E-state index in [0.29, 0.717) is 25.8 Å². The van der Waals surface area contributed by atoms with E-state index in [0.717, 1.165) is 11.1 Å². The molecule has 0 atom stereocenters. The molecular weight excluding hydrogens is 564 g/mol. The standard InChI is InChI=1S/C26H20Br2N2O4/c1-15-4-7-18(8-5-15)26(32)34-22-9-6-17(13-23(22)33-3)12-19(14-29)25(31)30-24-20(27)10-16(2)11-21(24)28/h4-13H,1-3H3,(H,30,31)/b19-12+. The van der Waals surface area contributed by atoms with E-state index < -0.39 is 11.9 Å². The number of rotatable bonds is 6. The van der Waals surface area contributed by atoms with Crippen LogP contribution in [0.3, 0.4) is 0 Å². The lowest BCUT2D eigenvalue weighted by Crippen LogP contribution is -2.14. The van der Waals surface area contributed by atoms with E-state index in [4.69, 9.17) is 9.47 Å². The molecule has 0 saturated heterocycles. The van der Waals surface area contributed by atoms with Crippen LogP contribution >= 0.6 is 31.9 Å². The van der Waals surface area contributed by atoms with E-state index in [9.17, 15) is 14.9 Å². The van der Waals surface area contributed by atoms with Gasteiger partial charge < -0.3 is 14.8 Å². The number of hydrogen-bond donors (Lipinski definition) is 1. The molecule has 0 aliphatic carbocycles. The fourth-order valence-electron chi connectivity index (χ4n) is 3.02. The first-order chi connectivity index (χ1) is 16.2. The van der Waals surface area contributed by atoms with E-state index in [1.54, 1.807) is 30.3 Å². The second-order valence-electron chi connectivity index (χ2n) is 7.39. The minimum Gasteiger partial charge on any atom is -0.493 e. The number of anilines is 1. The maximum atomic E-state index is 12.7. The number of methoxy groups -OCH3 is 1. The first-order valence-corrected chi connectivity index (χ1v) is 11.7. The molecule has 34 heavy (non-hydrogen) atoms. The lowest BCUT2D eigenvalue weighted by Gasteiger charge is -2.11. The Kier molecular flexibility index (Phi) is 8.26. The Bertz CT molecular complexity index is 1300. The molecule has 0 heterocycles.